The van der Waals surface area contributed by atoms with Crippen molar-refractivity contribution in [1.82, 2.24) is 0 Å². The molecule has 248 valence electrons. The molecule has 0 saturated heterocycles. The second-order valence-electron chi connectivity index (χ2n) is 13.5. The Hall–Kier alpha value is -5.81. The standard InChI is InChI=1S/C47H31ClN2OS/c1-28-18-24-40(32-20-25-42-38(27-32)35-16-7-8-17-41(35)51-42)49-47(50-44(28)33-14-9-13-31(26-33)29-10-3-2-4-11-29)37-22-23-39(48)46-43(37)36-21-19-30-12-5-6-15-34(30)45(36)52-46/h2-17,19-28H,18H2,1H3/b40-24+,49-47-,50-44+/t28-/m0/s1. The lowest BCUT2D eigenvalue weighted by Crippen LogP contribution is -2.17. The Morgan fingerprint density at radius 1 is 0.596 bits per heavy atom. The molecular formula is C47H31ClN2OS. The zero-order chi connectivity index (χ0) is 34.8. The van der Waals surface area contributed by atoms with Crippen LogP contribution in [-0.2, 0) is 0 Å². The maximum Gasteiger partial charge on any atom is 0.160 e. The van der Waals surface area contributed by atoms with Gasteiger partial charge in [0.15, 0.2) is 5.84 Å². The van der Waals surface area contributed by atoms with Crippen molar-refractivity contribution in [3.63, 3.8) is 0 Å². The van der Waals surface area contributed by atoms with Gasteiger partial charge < -0.3 is 4.42 Å². The number of thiophene rings is 1. The van der Waals surface area contributed by atoms with Crippen molar-refractivity contribution in [3.8, 4) is 11.1 Å². The zero-order valence-corrected chi connectivity index (χ0v) is 29.9. The molecule has 2 aromatic heterocycles. The summed E-state index contributed by atoms with van der Waals surface area (Å²) in [5.74, 6) is 0.792. The Balaban J connectivity index is 1.22. The first-order valence-electron chi connectivity index (χ1n) is 17.6. The number of hydrogen-bond acceptors (Lipinski definition) is 4. The lowest BCUT2D eigenvalue weighted by atomic mass is 9.91. The Labute approximate surface area is 309 Å². The summed E-state index contributed by atoms with van der Waals surface area (Å²) in [6, 6.07) is 50.9. The monoisotopic (exact) mass is 706 g/mol. The van der Waals surface area contributed by atoms with E-state index in [0.717, 1.165) is 82.5 Å². The molecule has 0 amide bonds. The predicted octanol–water partition coefficient (Wildman–Crippen LogP) is 13.7. The van der Waals surface area contributed by atoms with E-state index < -0.39 is 0 Å². The summed E-state index contributed by atoms with van der Waals surface area (Å²) in [4.78, 5) is 11.1. The number of aliphatic imine (C=N–C) groups is 2. The van der Waals surface area contributed by atoms with Gasteiger partial charge in [0.1, 0.15) is 11.2 Å². The highest BCUT2D eigenvalue weighted by atomic mass is 35.5. The van der Waals surface area contributed by atoms with Gasteiger partial charge in [0.25, 0.3) is 0 Å². The van der Waals surface area contributed by atoms with Crippen LogP contribution in [0.15, 0.2) is 166 Å². The third-order valence-corrected chi connectivity index (χ3v) is 11.9. The van der Waals surface area contributed by atoms with Crippen LogP contribution in [0.3, 0.4) is 0 Å². The molecule has 52 heavy (non-hydrogen) atoms. The van der Waals surface area contributed by atoms with E-state index in [1.165, 1.54) is 21.0 Å². The van der Waals surface area contributed by atoms with E-state index in [9.17, 15) is 0 Å². The molecule has 0 spiro atoms. The molecule has 1 atom stereocenters. The smallest absolute Gasteiger partial charge is 0.160 e. The van der Waals surface area contributed by atoms with Gasteiger partial charge in [-0.25, -0.2) is 9.98 Å². The summed E-state index contributed by atoms with van der Waals surface area (Å²) in [5.41, 5.74) is 9.08. The van der Waals surface area contributed by atoms with Crippen LogP contribution >= 0.6 is 22.9 Å². The minimum Gasteiger partial charge on any atom is -0.456 e. The van der Waals surface area contributed by atoms with E-state index in [4.69, 9.17) is 26.0 Å². The molecule has 1 aliphatic heterocycles. The van der Waals surface area contributed by atoms with Gasteiger partial charge in [-0.1, -0.05) is 128 Å². The fourth-order valence-corrected chi connectivity index (χ4v) is 9.14. The molecule has 3 nitrogen and oxygen atoms in total. The molecule has 5 heteroatoms. The van der Waals surface area contributed by atoms with Crippen LogP contribution in [0.25, 0.3) is 69.7 Å². The van der Waals surface area contributed by atoms with Crippen molar-refractivity contribution >= 4 is 93.1 Å². The van der Waals surface area contributed by atoms with Crippen molar-refractivity contribution in [2.24, 2.45) is 15.9 Å². The molecule has 1 aliphatic rings. The number of rotatable bonds is 4. The molecule has 9 aromatic rings. The summed E-state index contributed by atoms with van der Waals surface area (Å²) in [5, 5.41) is 7.58. The number of allylic oxidation sites excluding steroid dienone is 1. The van der Waals surface area contributed by atoms with E-state index in [2.05, 4.69) is 140 Å². The molecule has 7 aromatic carbocycles. The van der Waals surface area contributed by atoms with Crippen LogP contribution in [0.2, 0.25) is 5.02 Å². The quantitative estimate of drug-likeness (QED) is 0.179. The van der Waals surface area contributed by atoms with Gasteiger partial charge >= 0.3 is 0 Å². The molecule has 0 unspecified atom stereocenters. The highest BCUT2D eigenvalue weighted by Crippen LogP contribution is 2.44. The molecule has 0 fully saturated rings. The van der Waals surface area contributed by atoms with Crippen LogP contribution in [0.4, 0.5) is 0 Å². The molecule has 3 heterocycles. The fraction of sp³-hybridized carbons (Fsp3) is 0.0638. The second-order valence-corrected chi connectivity index (χ2v) is 14.9. The largest absolute Gasteiger partial charge is 0.456 e. The third kappa shape index (κ3) is 5.18. The highest BCUT2D eigenvalue weighted by Gasteiger charge is 2.23. The lowest BCUT2D eigenvalue weighted by molar-refractivity contribution is 0.669. The van der Waals surface area contributed by atoms with Gasteiger partial charge in [-0.2, -0.15) is 0 Å². The molecule has 0 aliphatic carbocycles. The van der Waals surface area contributed by atoms with Gasteiger partial charge in [-0.15, -0.1) is 11.3 Å². The first-order chi connectivity index (χ1) is 25.6. The number of fused-ring (bicyclic) bond motifs is 8. The summed E-state index contributed by atoms with van der Waals surface area (Å²) in [7, 11) is 0. The van der Waals surface area contributed by atoms with Crippen LogP contribution < -0.4 is 0 Å². The van der Waals surface area contributed by atoms with E-state index in [-0.39, 0.29) is 5.92 Å². The SMILES string of the molecule is C[C@H]1C/C=C(c2ccc3oc4ccccc4c3c2)/N=C(c2ccc(Cl)c3sc4c5ccccc5ccc4c23)\N=C/1c1cccc(-c2ccccc2)c1. The van der Waals surface area contributed by atoms with Gasteiger partial charge in [0.2, 0.25) is 0 Å². The Morgan fingerprint density at radius 3 is 2.27 bits per heavy atom. The van der Waals surface area contributed by atoms with Crippen LogP contribution in [0.5, 0.6) is 0 Å². The topological polar surface area (TPSA) is 37.9 Å². The van der Waals surface area contributed by atoms with E-state index >= 15 is 0 Å². The van der Waals surface area contributed by atoms with Crippen molar-refractivity contribution in [2.45, 2.75) is 13.3 Å². The zero-order valence-electron chi connectivity index (χ0n) is 28.3. The summed E-state index contributed by atoms with van der Waals surface area (Å²) < 4.78 is 8.45. The van der Waals surface area contributed by atoms with E-state index in [0.29, 0.717) is 5.84 Å². The summed E-state index contributed by atoms with van der Waals surface area (Å²) in [6.07, 6.45) is 3.06. The molecule has 0 N–H and O–H groups in total. The number of benzene rings is 7. The third-order valence-electron chi connectivity index (χ3n) is 10.2. The maximum atomic E-state index is 7.00. The van der Waals surface area contributed by atoms with Gasteiger partial charge in [0.05, 0.1) is 21.1 Å². The number of furan rings is 1. The maximum absolute atomic E-state index is 7.00. The minimum atomic E-state index is 0.121. The average Bonchev–Trinajstić information content (AvgIpc) is 3.77. The normalized spacial score (nSPS) is 18.2. The number of halogens is 1. The van der Waals surface area contributed by atoms with Crippen molar-refractivity contribution in [3.05, 3.63) is 173 Å². The summed E-state index contributed by atoms with van der Waals surface area (Å²) in [6.45, 7) is 2.27. The second kappa shape index (κ2) is 12.4. The Kier molecular flexibility index (Phi) is 7.41. The first kappa shape index (κ1) is 31.0. The number of nitrogens with zero attached hydrogens (tertiary/aromatic N) is 2. The van der Waals surface area contributed by atoms with Crippen LogP contribution in [0.1, 0.15) is 30.0 Å². The number of amidine groups is 1. The van der Waals surface area contributed by atoms with Crippen LogP contribution in [-0.4, -0.2) is 11.5 Å². The molecule has 0 radical (unpaired) electrons. The molecule has 0 saturated carbocycles. The average molecular weight is 707 g/mol. The Morgan fingerprint density at radius 2 is 1.37 bits per heavy atom. The van der Waals surface area contributed by atoms with E-state index in [1.54, 1.807) is 11.3 Å². The molecular weight excluding hydrogens is 676 g/mol. The lowest BCUT2D eigenvalue weighted by Gasteiger charge is -2.19. The number of hydrogen-bond donors (Lipinski definition) is 0. The number of para-hydroxylation sites is 1. The van der Waals surface area contributed by atoms with Crippen molar-refractivity contribution < 1.29 is 4.42 Å². The Bertz CT molecular complexity index is 2970. The molecule has 10 rings (SSSR count). The van der Waals surface area contributed by atoms with E-state index in [1.807, 2.05) is 18.2 Å². The van der Waals surface area contributed by atoms with Gasteiger partial charge in [0, 0.05) is 43.3 Å². The predicted molar refractivity (Wildman–Crippen MR) is 222 cm³/mol. The van der Waals surface area contributed by atoms with Gasteiger partial charge in [-0.3, -0.25) is 0 Å². The van der Waals surface area contributed by atoms with Crippen molar-refractivity contribution in [1.29, 1.82) is 0 Å². The summed E-state index contributed by atoms with van der Waals surface area (Å²) >= 11 is 8.75. The van der Waals surface area contributed by atoms with Crippen LogP contribution in [0, 0.1) is 5.92 Å². The minimum absolute atomic E-state index is 0.121. The fourth-order valence-electron chi connectivity index (χ4n) is 7.60. The first-order valence-corrected chi connectivity index (χ1v) is 18.8. The van der Waals surface area contributed by atoms with Crippen molar-refractivity contribution in [2.75, 3.05) is 0 Å². The van der Waals surface area contributed by atoms with Gasteiger partial charge in [-0.05, 0) is 76.3 Å². The highest BCUT2D eigenvalue weighted by molar-refractivity contribution is 7.27. The molecule has 0 bridgehead atoms.